The van der Waals surface area contributed by atoms with Crippen molar-refractivity contribution in [3.8, 4) is 0 Å². The van der Waals surface area contributed by atoms with E-state index in [0.29, 0.717) is 26.2 Å². The van der Waals surface area contributed by atoms with Gasteiger partial charge in [-0.3, -0.25) is 38.7 Å². The van der Waals surface area contributed by atoms with Gasteiger partial charge in [0.1, 0.15) is 0 Å². The van der Waals surface area contributed by atoms with E-state index in [1.54, 1.807) is 0 Å². The highest BCUT2D eigenvalue weighted by atomic mass is 16.1. The lowest BCUT2D eigenvalue weighted by Gasteiger charge is -2.33. The maximum atomic E-state index is 13.1. The van der Waals surface area contributed by atoms with Crippen molar-refractivity contribution in [2.24, 2.45) is 27.1 Å². The van der Waals surface area contributed by atoms with Crippen LogP contribution in [0.4, 0.5) is 0 Å². The number of rotatable bonds is 16. The van der Waals surface area contributed by atoms with Gasteiger partial charge in [0.05, 0.1) is 32.7 Å². The minimum absolute atomic E-state index is 0.0501. The molecule has 0 spiro atoms. The number of nitrogens with zero attached hydrogens (tertiary/aromatic N) is 3. The van der Waals surface area contributed by atoms with E-state index in [4.69, 9.17) is 0 Å². The maximum Gasteiger partial charge on any atom is 0.152 e. The van der Waals surface area contributed by atoms with Crippen molar-refractivity contribution in [3.05, 3.63) is 0 Å². The second-order valence-corrected chi connectivity index (χ2v) is 17.1. The highest BCUT2D eigenvalue weighted by molar-refractivity contribution is 5.89. The van der Waals surface area contributed by atoms with Gasteiger partial charge in [0.15, 0.2) is 28.9 Å². The van der Waals surface area contributed by atoms with Gasteiger partial charge >= 0.3 is 0 Å². The number of ketones is 5. The highest BCUT2D eigenvalue weighted by Gasteiger charge is 2.31. The lowest BCUT2D eigenvalue weighted by atomic mass is 9.89. The Morgan fingerprint density at radius 3 is 0.619 bits per heavy atom. The summed E-state index contributed by atoms with van der Waals surface area (Å²) in [6, 6.07) is 0. The van der Waals surface area contributed by atoms with E-state index in [2.05, 4.69) is 0 Å². The molecule has 0 radical (unpaired) electrons. The molecule has 244 valence electrons. The molecule has 0 N–H and O–H groups in total. The fourth-order valence-corrected chi connectivity index (χ4v) is 3.46. The van der Waals surface area contributed by atoms with E-state index in [0.717, 1.165) is 0 Å². The number of hydrogen-bond acceptors (Lipinski definition) is 8. The van der Waals surface area contributed by atoms with E-state index < -0.39 is 27.1 Å². The van der Waals surface area contributed by atoms with Gasteiger partial charge in [-0.2, -0.15) is 0 Å². The van der Waals surface area contributed by atoms with E-state index in [1.165, 1.54) is 0 Å². The second-order valence-electron chi connectivity index (χ2n) is 17.1. The number of Topliss-reactive ketones (excluding diaryl/α,β-unsaturated/α-hetero) is 5. The van der Waals surface area contributed by atoms with Gasteiger partial charge in [0.2, 0.25) is 0 Å². The Hall–Kier alpha value is -1.77. The van der Waals surface area contributed by atoms with Crippen molar-refractivity contribution in [2.45, 2.75) is 104 Å². The van der Waals surface area contributed by atoms with Crippen molar-refractivity contribution >= 4 is 28.9 Å². The first-order valence-corrected chi connectivity index (χ1v) is 15.4. The molecule has 8 heteroatoms. The minimum atomic E-state index is -0.537. The molecule has 0 atom stereocenters. The lowest BCUT2D eigenvalue weighted by Crippen LogP contribution is -2.48. The molecule has 0 heterocycles. The summed E-state index contributed by atoms with van der Waals surface area (Å²) in [6.45, 7) is 30.8. The first-order valence-electron chi connectivity index (χ1n) is 15.4. The van der Waals surface area contributed by atoms with Crippen LogP contribution in [0.15, 0.2) is 0 Å². The summed E-state index contributed by atoms with van der Waals surface area (Å²) in [5.74, 6) is 0.278. The van der Waals surface area contributed by atoms with Gasteiger partial charge in [-0.1, -0.05) is 104 Å². The zero-order valence-electron chi connectivity index (χ0n) is 29.7. The molecule has 0 aromatic rings. The second kappa shape index (κ2) is 15.3. The van der Waals surface area contributed by atoms with Crippen LogP contribution in [0, 0.1) is 27.1 Å². The summed E-state index contributed by atoms with van der Waals surface area (Å²) in [7, 11) is 0. The molecule has 0 amide bonds. The quantitative estimate of drug-likeness (QED) is 0.248. The van der Waals surface area contributed by atoms with Crippen LogP contribution >= 0.6 is 0 Å². The van der Waals surface area contributed by atoms with E-state index in [-0.39, 0.29) is 61.6 Å². The monoisotopic (exact) mass is 593 g/mol. The summed E-state index contributed by atoms with van der Waals surface area (Å²) in [6.07, 6.45) is 0. The first kappa shape index (κ1) is 40.2. The maximum absolute atomic E-state index is 13.1. The Bertz CT molecular complexity index is 830. The molecular weight excluding hydrogens is 530 g/mol. The Morgan fingerprint density at radius 1 is 0.310 bits per heavy atom. The third-order valence-electron chi connectivity index (χ3n) is 7.48. The van der Waals surface area contributed by atoms with Crippen LogP contribution in [-0.2, 0) is 24.0 Å². The number of carbonyl (C=O) groups is 5. The molecular formula is C34H63N3O5. The highest BCUT2D eigenvalue weighted by Crippen LogP contribution is 2.20. The summed E-state index contributed by atoms with van der Waals surface area (Å²) >= 11 is 0. The van der Waals surface area contributed by atoms with E-state index >= 15 is 0 Å². The Kier molecular flexibility index (Phi) is 14.6. The number of hydrogen-bond donors (Lipinski definition) is 0. The van der Waals surface area contributed by atoms with Crippen LogP contribution < -0.4 is 0 Å². The minimum Gasteiger partial charge on any atom is -0.298 e. The smallest absolute Gasteiger partial charge is 0.152 e. The molecule has 0 saturated carbocycles. The molecule has 42 heavy (non-hydrogen) atoms. The van der Waals surface area contributed by atoms with Gasteiger partial charge in [-0.05, 0) is 0 Å². The molecule has 0 aliphatic heterocycles. The average Bonchev–Trinajstić information content (AvgIpc) is 2.76. The van der Waals surface area contributed by atoms with Crippen molar-refractivity contribution in [1.82, 2.24) is 14.7 Å². The normalized spacial score (nSPS) is 13.7. The van der Waals surface area contributed by atoms with Gasteiger partial charge in [0, 0.05) is 53.3 Å². The van der Waals surface area contributed by atoms with Crippen LogP contribution in [0.3, 0.4) is 0 Å². The van der Waals surface area contributed by atoms with Crippen LogP contribution in [0.1, 0.15) is 104 Å². The summed E-state index contributed by atoms with van der Waals surface area (Å²) < 4.78 is 0. The van der Waals surface area contributed by atoms with Crippen LogP contribution in [-0.4, -0.2) is 103 Å². The molecule has 0 aromatic heterocycles. The van der Waals surface area contributed by atoms with Crippen LogP contribution in [0.5, 0.6) is 0 Å². The molecule has 0 rings (SSSR count). The van der Waals surface area contributed by atoms with Crippen molar-refractivity contribution < 1.29 is 24.0 Å². The summed E-state index contributed by atoms with van der Waals surface area (Å²) in [5, 5.41) is 0. The molecule has 0 saturated heterocycles. The standard InChI is InChI=1S/C34H63N3O5/c1-30(2,3)25(38)20-35(16-18-36(21-26(39)31(4,5)6)22-27(40)32(7,8)9)17-19-37(23-28(41)33(10,11)12)24-29(42)34(13,14)15/h16-24H2,1-15H3. The molecule has 0 aliphatic carbocycles. The Morgan fingerprint density at radius 2 is 0.452 bits per heavy atom. The topological polar surface area (TPSA) is 95.1 Å². The van der Waals surface area contributed by atoms with Gasteiger partial charge in [0.25, 0.3) is 0 Å². The predicted octanol–water partition coefficient (Wildman–Crippen LogP) is 4.97. The third-order valence-corrected chi connectivity index (χ3v) is 7.48. The largest absolute Gasteiger partial charge is 0.298 e. The molecule has 0 unspecified atom stereocenters. The van der Waals surface area contributed by atoms with E-state index in [9.17, 15) is 24.0 Å². The Labute approximate surface area is 257 Å². The summed E-state index contributed by atoms with van der Waals surface area (Å²) in [4.78, 5) is 70.7. The van der Waals surface area contributed by atoms with Crippen LogP contribution in [0.25, 0.3) is 0 Å². The molecule has 8 nitrogen and oxygen atoms in total. The van der Waals surface area contributed by atoms with Crippen molar-refractivity contribution in [1.29, 1.82) is 0 Å². The zero-order chi connectivity index (χ0) is 33.5. The predicted molar refractivity (Wildman–Crippen MR) is 172 cm³/mol. The lowest BCUT2D eigenvalue weighted by molar-refractivity contribution is -0.131. The van der Waals surface area contributed by atoms with Gasteiger partial charge in [-0.15, -0.1) is 0 Å². The first-order chi connectivity index (χ1) is 18.5. The fraction of sp³-hybridized carbons (Fsp3) is 0.853. The number of carbonyl (C=O) groups excluding carboxylic acids is 5. The van der Waals surface area contributed by atoms with Crippen LogP contribution in [0.2, 0.25) is 0 Å². The fourth-order valence-electron chi connectivity index (χ4n) is 3.46. The van der Waals surface area contributed by atoms with Crippen molar-refractivity contribution in [3.63, 3.8) is 0 Å². The van der Waals surface area contributed by atoms with E-state index in [1.807, 2.05) is 119 Å². The SMILES string of the molecule is CC(C)(C)C(=O)CN(CCN(CC(=O)C(C)(C)C)CC(=O)C(C)(C)C)CCN(CC(=O)C(C)(C)C)CC(=O)C(C)(C)C. The molecule has 0 bridgehead atoms. The van der Waals surface area contributed by atoms with Crippen molar-refractivity contribution in [2.75, 3.05) is 58.9 Å². The Balaban J connectivity index is 6.05. The van der Waals surface area contributed by atoms with Gasteiger partial charge < -0.3 is 0 Å². The zero-order valence-corrected chi connectivity index (χ0v) is 29.7. The molecule has 0 aromatic carbocycles. The summed E-state index contributed by atoms with van der Waals surface area (Å²) in [5.41, 5.74) is -2.68. The molecule has 0 fully saturated rings. The average molecular weight is 594 g/mol. The molecule has 0 aliphatic rings. The van der Waals surface area contributed by atoms with Gasteiger partial charge in [-0.25, -0.2) is 0 Å². The third kappa shape index (κ3) is 15.6.